The molecule has 1 aromatic rings. The number of urea groups is 1. The number of ketones is 1. The maximum atomic E-state index is 14.7. The van der Waals surface area contributed by atoms with Gasteiger partial charge in [0.2, 0.25) is 27.6 Å². The van der Waals surface area contributed by atoms with Gasteiger partial charge in [0.15, 0.2) is 0 Å². The molecule has 0 spiro atoms. The van der Waals surface area contributed by atoms with E-state index in [0.29, 0.717) is 17.9 Å². The van der Waals surface area contributed by atoms with E-state index in [-0.39, 0.29) is 48.1 Å². The van der Waals surface area contributed by atoms with Gasteiger partial charge in [-0.2, -0.15) is 4.31 Å². The van der Waals surface area contributed by atoms with Crippen LogP contribution in [0.3, 0.4) is 0 Å². The molecule has 0 radical (unpaired) electrons. The third kappa shape index (κ3) is 7.44. The van der Waals surface area contributed by atoms with Crippen LogP contribution in [0, 0.1) is 34.5 Å². The third-order valence-corrected chi connectivity index (χ3v) is 15.4. The highest BCUT2D eigenvalue weighted by Crippen LogP contribution is 2.65. The molecule has 51 heavy (non-hydrogen) atoms. The molecule has 13 nitrogen and oxygen atoms in total. The molecule has 0 bridgehead atoms. The first-order chi connectivity index (χ1) is 23.9. The molecular formula is C36H54N6O7S2. The fourth-order valence-corrected chi connectivity index (χ4v) is 11.8. The Balaban J connectivity index is 1.20. The minimum absolute atomic E-state index is 0.0710. The van der Waals surface area contributed by atoms with Crippen molar-refractivity contribution in [2.75, 3.05) is 13.1 Å². The van der Waals surface area contributed by atoms with Crippen molar-refractivity contribution < 1.29 is 32.4 Å². The van der Waals surface area contributed by atoms with Gasteiger partial charge in [-0.05, 0) is 65.2 Å². The summed E-state index contributed by atoms with van der Waals surface area (Å²) in [7, 11) is -3.68. The number of sulfonamides is 1. The van der Waals surface area contributed by atoms with E-state index in [0.717, 1.165) is 56.2 Å². The largest absolute Gasteiger partial charge is 0.363 e. The Morgan fingerprint density at radius 2 is 1.69 bits per heavy atom. The lowest BCUT2D eigenvalue weighted by atomic mass is 9.80. The molecule has 5 amide bonds. The van der Waals surface area contributed by atoms with Crippen LogP contribution in [0.4, 0.5) is 4.79 Å². The number of rotatable bonds is 12. The van der Waals surface area contributed by atoms with Gasteiger partial charge in [-0.15, -0.1) is 11.3 Å². The predicted molar refractivity (Wildman–Crippen MR) is 192 cm³/mol. The maximum Gasteiger partial charge on any atom is 0.315 e. The van der Waals surface area contributed by atoms with Crippen LogP contribution in [0.2, 0.25) is 0 Å². The Labute approximate surface area is 305 Å². The fraction of sp³-hybridized carbons (Fsp3) is 0.750. The van der Waals surface area contributed by atoms with Crippen LogP contribution in [-0.4, -0.2) is 84.4 Å². The van der Waals surface area contributed by atoms with Crippen molar-refractivity contribution >= 4 is 50.9 Å². The summed E-state index contributed by atoms with van der Waals surface area (Å²) in [6.07, 6.45) is 7.56. The lowest BCUT2D eigenvalue weighted by Crippen LogP contribution is -2.61. The van der Waals surface area contributed by atoms with Crippen LogP contribution in [-0.2, 0) is 35.7 Å². The van der Waals surface area contributed by atoms with E-state index in [9.17, 15) is 32.4 Å². The van der Waals surface area contributed by atoms with E-state index in [1.54, 1.807) is 16.3 Å². The van der Waals surface area contributed by atoms with Crippen molar-refractivity contribution in [1.29, 1.82) is 0 Å². The van der Waals surface area contributed by atoms with Crippen molar-refractivity contribution in [3.63, 3.8) is 0 Å². The van der Waals surface area contributed by atoms with E-state index in [1.165, 1.54) is 15.6 Å². The average molecular weight is 747 g/mol. The summed E-state index contributed by atoms with van der Waals surface area (Å²) in [5, 5.41) is 10.6. The van der Waals surface area contributed by atoms with Crippen LogP contribution in [0.25, 0.3) is 0 Å². The maximum absolute atomic E-state index is 14.7. The molecule has 1 saturated heterocycles. The van der Waals surface area contributed by atoms with Gasteiger partial charge < -0.3 is 26.6 Å². The molecule has 6 atom stereocenters. The summed E-state index contributed by atoms with van der Waals surface area (Å²) >= 11 is 1.39. The zero-order valence-electron chi connectivity index (χ0n) is 30.4. The Hall–Kier alpha value is -3.04. The number of nitrogens with one attached hydrogen (secondary N) is 3. The first-order valence-corrected chi connectivity index (χ1v) is 20.8. The SMILES string of the molecule is CC(C)(C)[C@@H](CN1Cc2sccc2S1(=O)=O)NC(=O)N[C@H](C(=O)N1C[C@H]2[C@@H]([C@H]1C(=O)NC(CC1CCC1)C(=O)C(N)=O)C2(C)C)C1CCCCC1. The number of amides is 5. The Kier molecular flexibility index (Phi) is 10.4. The zero-order valence-corrected chi connectivity index (χ0v) is 32.0. The lowest BCUT2D eigenvalue weighted by Gasteiger charge is -2.38. The second-order valence-corrected chi connectivity index (χ2v) is 20.0. The molecule has 282 valence electrons. The minimum Gasteiger partial charge on any atom is -0.363 e. The topological polar surface area (TPSA) is 188 Å². The number of nitrogens with two attached hydrogens (primary N) is 1. The molecule has 1 aromatic heterocycles. The predicted octanol–water partition coefficient (Wildman–Crippen LogP) is 3.13. The zero-order chi connectivity index (χ0) is 37.0. The molecule has 6 rings (SSSR count). The van der Waals surface area contributed by atoms with E-state index >= 15 is 0 Å². The number of primary amides is 1. The summed E-state index contributed by atoms with van der Waals surface area (Å²) in [5.74, 6) is -2.71. The van der Waals surface area contributed by atoms with Gasteiger partial charge in [-0.25, -0.2) is 13.2 Å². The summed E-state index contributed by atoms with van der Waals surface area (Å²) in [5.41, 5.74) is 4.67. The normalized spacial score (nSPS) is 27.3. The Morgan fingerprint density at radius 3 is 2.27 bits per heavy atom. The van der Waals surface area contributed by atoms with E-state index in [4.69, 9.17) is 5.73 Å². The van der Waals surface area contributed by atoms with Crippen LogP contribution < -0.4 is 21.7 Å². The van der Waals surface area contributed by atoms with Crippen molar-refractivity contribution in [1.82, 2.24) is 25.2 Å². The Bertz CT molecular complexity index is 1660. The molecule has 1 unspecified atom stereocenters. The molecule has 5 N–H and O–H groups in total. The first-order valence-electron chi connectivity index (χ1n) is 18.5. The molecule has 0 aromatic carbocycles. The summed E-state index contributed by atoms with van der Waals surface area (Å²) in [6.45, 7) is 10.6. The van der Waals surface area contributed by atoms with Gasteiger partial charge >= 0.3 is 6.03 Å². The number of fused-ring (bicyclic) bond motifs is 2. The van der Waals surface area contributed by atoms with Crippen LogP contribution in [0.1, 0.15) is 97.3 Å². The second kappa shape index (κ2) is 14.1. The highest BCUT2D eigenvalue weighted by molar-refractivity contribution is 7.89. The number of carbonyl (C=O) groups excluding carboxylic acids is 5. The lowest BCUT2D eigenvalue weighted by molar-refractivity contribution is -0.144. The van der Waals surface area contributed by atoms with Gasteiger partial charge in [0.05, 0.1) is 10.9 Å². The molecule has 3 heterocycles. The van der Waals surface area contributed by atoms with Crippen molar-refractivity contribution in [2.24, 2.45) is 40.2 Å². The number of carbonyl (C=O) groups is 5. The van der Waals surface area contributed by atoms with Crippen molar-refractivity contribution in [2.45, 2.75) is 128 Å². The van der Waals surface area contributed by atoms with E-state index < -0.39 is 63.2 Å². The van der Waals surface area contributed by atoms with Gasteiger partial charge in [0.1, 0.15) is 12.1 Å². The fourth-order valence-electron chi connectivity index (χ4n) is 8.86. The van der Waals surface area contributed by atoms with Crippen LogP contribution >= 0.6 is 11.3 Å². The third-order valence-electron chi connectivity index (χ3n) is 12.5. The summed E-state index contributed by atoms with van der Waals surface area (Å²) in [4.78, 5) is 70.1. The van der Waals surface area contributed by atoms with Crippen molar-refractivity contribution in [3.05, 3.63) is 16.3 Å². The number of thiophene rings is 1. The highest BCUT2D eigenvalue weighted by atomic mass is 32.2. The molecule has 3 saturated carbocycles. The second-order valence-electron chi connectivity index (χ2n) is 17.1. The molecule has 2 aliphatic heterocycles. The summed E-state index contributed by atoms with van der Waals surface area (Å²) < 4.78 is 27.9. The number of nitrogens with zero attached hydrogens (tertiary/aromatic N) is 2. The molecule has 5 aliphatic rings. The number of piperidine rings is 1. The molecule has 15 heteroatoms. The number of Topliss-reactive ketones (excluding diaryl/α,β-unsaturated/α-hetero) is 1. The standard InChI is InChI=1S/C36H54N6O7S2/c1-35(2,3)26(19-41-18-24-25(14-15-50-24)51(41,48)49)39-34(47)40-28(21-12-7-6-8-13-21)33(46)42-17-22-27(36(22,4)5)29(42)32(45)38-23(30(43)31(37)44)16-20-10-9-11-20/h14-15,20-23,26-29H,6-13,16-19H2,1-5H3,(H2,37,44)(H,38,45)(H2,39,40,47)/t22-,23?,26+,27-,28-,29-/m0/s1. The molecule has 3 aliphatic carbocycles. The van der Waals surface area contributed by atoms with Crippen molar-refractivity contribution in [3.8, 4) is 0 Å². The number of likely N-dealkylation sites (tertiary alicyclic amines) is 1. The van der Waals surface area contributed by atoms with E-state index in [2.05, 4.69) is 29.8 Å². The number of hydrogen-bond donors (Lipinski definition) is 4. The molecular weight excluding hydrogens is 693 g/mol. The van der Waals surface area contributed by atoms with Gasteiger partial charge in [0.25, 0.3) is 5.91 Å². The van der Waals surface area contributed by atoms with Gasteiger partial charge in [0, 0.05) is 30.6 Å². The average Bonchev–Trinajstić information content (AvgIpc) is 3.50. The van der Waals surface area contributed by atoms with Gasteiger partial charge in [-0.3, -0.25) is 19.2 Å². The smallest absolute Gasteiger partial charge is 0.315 e. The quantitative estimate of drug-likeness (QED) is 0.237. The van der Waals surface area contributed by atoms with Gasteiger partial charge in [-0.1, -0.05) is 73.1 Å². The first kappa shape index (κ1) is 37.7. The van der Waals surface area contributed by atoms with E-state index in [1.807, 2.05) is 20.8 Å². The highest BCUT2D eigenvalue weighted by Gasteiger charge is 2.69. The minimum atomic E-state index is -3.68. The number of hydrogen-bond acceptors (Lipinski definition) is 8. The summed E-state index contributed by atoms with van der Waals surface area (Å²) in [6, 6.07) is -2.33. The Morgan fingerprint density at radius 1 is 1.00 bits per heavy atom. The monoisotopic (exact) mass is 746 g/mol. The van der Waals surface area contributed by atoms with Crippen LogP contribution in [0.5, 0.6) is 0 Å². The van der Waals surface area contributed by atoms with Crippen LogP contribution in [0.15, 0.2) is 16.3 Å². The molecule has 4 fully saturated rings.